The molecule has 0 aromatic heterocycles. The first-order valence-corrected chi connectivity index (χ1v) is 6.44. The van der Waals surface area contributed by atoms with Crippen molar-refractivity contribution in [1.82, 2.24) is 0 Å². The van der Waals surface area contributed by atoms with Gasteiger partial charge >= 0.3 is 5.69 Å². The van der Waals surface area contributed by atoms with Gasteiger partial charge in [-0.2, -0.15) is 0 Å². The number of benzene rings is 2. The van der Waals surface area contributed by atoms with E-state index < -0.39 is 4.92 Å². The summed E-state index contributed by atoms with van der Waals surface area (Å²) in [6.07, 6.45) is 0.572. The monoisotopic (exact) mass is 285 g/mol. The molecule has 0 aliphatic heterocycles. The van der Waals surface area contributed by atoms with Crippen LogP contribution in [-0.2, 0) is 6.61 Å². The minimum atomic E-state index is -0.549. The van der Waals surface area contributed by atoms with Crippen LogP contribution in [0.5, 0.6) is 5.75 Å². The predicted octanol–water partition coefficient (Wildman–Crippen LogP) is 3.60. The second kappa shape index (κ2) is 6.17. The molecule has 2 rings (SSSR count). The third-order valence-electron chi connectivity index (χ3n) is 3.33. The number of rotatable bonds is 5. The van der Waals surface area contributed by atoms with Crippen LogP contribution in [0.2, 0.25) is 0 Å². The zero-order valence-electron chi connectivity index (χ0n) is 11.8. The fourth-order valence-corrected chi connectivity index (χ4v) is 2.10. The number of nitro benzene ring substituents is 1. The first-order chi connectivity index (χ1) is 10.0. The van der Waals surface area contributed by atoms with Gasteiger partial charge in [-0.3, -0.25) is 14.9 Å². The average molecular weight is 285 g/mol. The quantitative estimate of drug-likeness (QED) is 0.478. The molecule has 0 saturated heterocycles. The zero-order valence-corrected chi connectivity index (χ0v) is 11.8. The predicted molar refractivity (Wildman–Crippen MR) is 78.7 cm³/mol. The van der Waals surface area contributed by atoms with Gasteiger partial charge in [0.25, 0.3) is 0 Å². The standard InChI is InChI=1S/C16H15NO4/c1-11-4-3-5-12(2)14(11)10-21-16-7-6-13(9-18)8-15(16)17(19)20/h3-9H,10H2,1-2H3. The topological polar surface area (TPSA) is 69.4 Å². The van der Waals surface area contributed by atoms with Gasteiger partial charge in [0.1, 0.15) is 12.9 Å². The van der Waals surface area contributed by atoms with E-state index >= 15 is 0 Å². The smallest absolute Gasteiger partial charge is 0.311 e. The molecule has 0 unspecified atom stereocenters. The van der Waals surface area contributed by atoms with Crippen molar-refractivity contribution in [2.45, 2.75) is 20.5 Å². The Kier molecular flexibility index (Phi) is 4.33. The minimum absolute atomic E-state index is 0.160. The fraction of sp³-hybridized carbons (Fsp3) is 0.188. The maximum atomic E-state index is 11.0. The lowest BCUT2D eigenvalue weighted by atomic mass is 10.0. The van der Waals surface area contributed by atoms with E-state index in [1.165, 1.54) is 18.2 Å². The molecule has 21 heavy (non-hydrogen) atoms. The summed E-state index contributed by atoms with van der Waals surface area (Å²) >= 11 is 0. The van der Waals surface area contributed by atoms with Crippen LogP contribution in [0.1, 0.15) is 27.0 Å². The number of nitro groups is 1. The third kappa shape index (κ3) is 3.25. The number of ether oxygens (including phenoxy) is 1. The van der Waals surface area contributed by atoms with Crippen LogP contribution in [0.3, 0.4) is 0 Å². The molecule has 0 fully saturated rings. The number of hydrogen-bond donors (Lipinski definition) is 0. The van der Waals surface area contributed by atoms with Crippen LogP contribution in [0.15, 0.2) is 36.4 Å². The normalized spacial score (nSPS) is 10.2. The van der Waals surface area contributed by atoms with E-state index in [1.54, 1.807) is 0 Å². The van der Waals surface area contributed by atoms with Crippen molar-refractivity contribution in [3.63, 3.8) is 0 Å². The molecule has 2 aromatic carbocycles. The Morgan fingerprint density at radius 2 is 1.86 bits per heavy atom. The highest BCUT2D eigenvalue weighted by Crippen LogP contribution is 2.29. The maximum Gasteiger partial charge on any atom is 0.311 e. The molecule has 5 nitrogen and oxygen atoms in total. The van der Waals surface area contributed by atoms with Gasteiger partial charge in [0, 0.05) is 11.6 Å². The zero-order chi connectivity index (χ0) is 15.4. The molecule has 0 spiro atoms. The van der Waals surface area contributed by atoms with Gasteiger partial charge < -0.3 is 4.74 Å². The molecule has 2 aromatic rings. The summed E-state index contributed by atoms with van der Waals surface area (Å²) in [5, 5.41) is 11.0. The van der Waals surface area contributed by atoms with Gasteiger partial charge in [0.2, 0.25) is 0 Å². The molecule has 0 aliphatic carbocycles. The summed E-state index contributed by atoms with van der Waals surface area (Å²) in [6.45, 7) is 4.19. The van der Waals surface area contributed by atoms with E-state index in [0.29, 0.717) is 6.29 Å². The lowest BCUT2D eigenvalue weighted by molar-refractivity contribution is -0.386. The molecule has 0 heterocycles. The second-order valence-corrected chi connectivity index (χ2v) is 4.76. The Hall–Kier alpha value is -2.69. The number of aryl methyl sites for hydroxylation is 2. The molecule has 0 N–H and O–H groups in total. The van der Waals surface area contributed by atoms with E-state index in [2.05, 4.69) is 0 Å². The SMILES string of the molecule is Cc1cccc(C)c1COc1ccc(C=O)cc1[N+](=O)[O-]. The Morgan fingerprint density at radius 3 is 2.43 bits per heavy atom. The lowest BCUT2D eigenvalue weighted by Gasteiger charge is -2.11. The molecule has 0 amide bonds. The Morgan fingerprint density at radius 1 is 1.19 bits per heavy atom. The van der Waals surface area contributed by atoms with Crippen LogP contribution in [0, 0.1) is 24.0 Å². The average Bonchev–Trinajstić information content (AvgIpc) is 2.46. The Balaban J connectivity index is 2.28. The van der Waals surface area contributed by atoms with Gasteiger partial charge in [-0.25, -0.2) is 0 Å². The van der Waals surface area contributed by atoms with Crippen LogP contribution in [0.25, 0.3) is 0 Å². The van der Waals surface area contributed by atoms with Crippen molar-refractivity contribution in [3.8, 4) is 5.75 Å². The first kappa shape index (κ1) is 14.7. The van der Waals surface area contributed by atoms with Crippen LogP contribution >= 0.6 is 0 Å². The molecule has 108 valence electrons. The van der Waals surface area contributed by atoms with Crippen molar-refractivity contribution in [1.29, 1.82) is 0 Å². The van der Waals surface area contributed by atoms with Crippen molar-refractivity contribution in [2.75, 3.05) is 0 Å². The molecular weight excluding hydrogens is 270 g/mol. The van der Waals surface area contributed by atoms with Gasteiger partial charge in [0.05, 0.1) is 4.92 Å². The van der Waals surface area contributed by atoms with Gasteiger partial charge in [-0.1, -0.05) is 18.2 Å². The van der Waals surface area contributed by atoms with Gasteiger partial charge in [-0.15, -0.1) is 0 Å². The number of aldehydes is 1. The van der Waals surface area contributed by atoms with Crippen LogP contribution < -0.4 is 4.74 Å². The van der Waals surface area contributed by atoms with Crippen molar-refractivity contribution in [3.05, 3.63) is 68.8 Å². The highest BCUT2D eigenvalue weighted by atomic mass is 16.6. The Bertz CT molecular complexity index is 674. The summed E-state index contributed by atoms with van der Waals surface area (Å²) in [5.74, 6) is 0.160. The van der Waals surface area contributed by atoms with Gasteiger partial charge in [0.15, 0.2) is 5.75 Å². The largest absolute Gasteiger partial charge is 0.482 e. The second-order valence-electron chi connectivity index (χ2n) is 4.76. The van der Waals surface area contributed by atoms with E-state index in [1.807, 2.05) is 32.0 Å². The Labute approximate surface area is 122 Å². The van der Waals surface area contributed by atoms with E-state index in [9.17, 15) is 14.9 Å². The summed E-state index contributed by atoms with van der Waals surface area (Å²) < 4.78 is 5.59. The maximum absolute atomic E-state index is 11.0. The van der Waals surface area contributed by atoms with Crippen LogP contribution in [-0.4, -0.2) is 11.2 Å². The number of carbonyl (C=O) groups excluding carboxylic acids is 1. The molecular formula is C16H15NO4. The summed E-state index contributed by atoms with van der Waals surface area (Å²) in [7, 11) is 0. The summed E-state index contributed by atoms with van der Waals surface area (Å²) in [5.41, 5.74) is 3.20. The number of hydrogen-bond acceptors (Lipinski definition) is 4. The number of carbonyl (C=O) groups is 1. The summed E-state index contributed by atoms with van der Waals surface area (Å²) in [6, 6.07) is 10.1. The highest BCUT2D eigenvalue weighted by Gasteiger charge is 2.16. The van der Waals surface area contributed by atoms with E-state index in [4.69, 9.17) is 4.74 Å². The van der Waals surface area contributed by atoms with Crippen LogP contribution in [0.4, 0.5) is 5.69 Å². The summed E-state index contributed by atoms with van der Waals surface area (Å²) in [4.78, 5) is 21.2. The molecule has 0 bridgehead atoms. The van der Waals surface area contributed by atoms with Crippen molar-refractivity contribution >= 4 is 12.0 Å². The van der Waals surface area contributed by atoms with E-state index in [0.717, 1.165) is 16.7 Å². The first-order valence-electron chi connectivity index (χ1n) is 6.44. The van der Waals surface area contributed by atoms with Crippen molar-refractivity contribution in [2.24, 2.45) is 0 Å². The van der Waals surface area contributed by atoms with Crippen molar-refractivity contribution < 1.29 is 14.5 Å². The fourth-order valence-electron chi connectivity index (χ4n) is 2.10. The third-order valence-corrected chi connectivity index (χ3v) is 3.33. The molecule has 0 saturated carbocycles. The molecule has 5 heteroatoms. The number of nitrogens with zero attached hydrogens (tertiary/aromatic N) is 1. The highest BCUT2D eigenvalue weighted by molar-refractivity contribution is 5.77. The molecule has 0 radical (unpaired) electrons. The van der Waals surface area contributed by atoms with E-state index in [-0.39, 0.29) is 23.6 Å². The molecule has 0 atom stereocenters. The minimum Gasteiger partial charge on any atom is -0.482 e. The lowest BCUT2D eigenvalue weighted by Crippen LogP contribution is -2.03. The molecule has 0 aliphatic rings. The van der Waals surface area contributed by atoms with Gasteiger partial charge in [-0.05, 0) is 42.7 Å².